The molecule has 1 aliphatic rings. The van der Waals surface area contributed by atoms with E-state index in [4.69, 9.17) is 13.9 Å². The third-order valence-electron chi connectivity index (χ3n) is 4.53. The van der Waals surface area contributed by atoms with Crippen molar-refractivity contribution in [3.63, 3.8) is 0 Å². The van der Waals surface area contributed by atoms with Gasteiger partial charge in [0, 0.05) is 31.2 Å². The molecule has 1 atom stereocenters. The highest BCUT2D eigenvalue weighted by molar-refractivity contribution is 5.98. The number of rotatable bonds is 7. The van der Waals surface area contributed by atoms with Gasteiger partial charge in [-0.1, -0.05) is 0 Å². The molecule has 0 saturated carbocycles. The van der Waals surface area contributed by atoms with Crippen molar-refractivity contribution < 1.29 is 23.5 Å². The lowest BCUT2D eigenvalue weighted by Gasteiger charge is -2.18. The molecule has 0 radical (unpaired) electrons. The molecule has 1 aliphatic heterocycles. The average Bonchev–Trinajstić information content (AvgIpc) is 3.24. The third-order valence-corrected chi connectivity index (χ3v) is 4.53. The molecule has 3 rings (SSSR count). The molecular formula is C19H24N2O5. The topological polar surface area (TPSA) is 81.0 Å². The lowest BCUT2D eigenvalue weighted by Crippen LogP contribution is -2.37. The zero-order chi connectivity index (χ0) is 18.5. The fourth-order valence-corrected chi connectivity index (χ4v) is 3.13. The maximum atomic E-state index is 12.4. The summed E-state index contributed by atoms with van der Waals surface area (Å²) >= 11 is 0. The number of fused-ring (bicyclic) bond motifs is 1. The van der Waals surface area contributed by atoms with Crippen LogP contribution in [0, 0.1) is 0 Å². The van der Waals surface area contributed by atoms with Crippen LogP contribution in [0.4, 0.5) is 5.69 Å². The molecule has 1 aromatic carbocycles. The molecule has 7 nitrogen and oxygen atoms in total. The summed E-state index contributed by atoms with van der Waals surface area (Å²) in [5, 5.41) is 3.68. The second-order valence-electron chi connectivity index (χ2n) is 6.47. The van der Waals surface area contributed by atoms with Crippen LogP contribution >= 0.6 is 0 Å². The van der Waals surface area contributed by atoms with E-state index in [-0.39, 0.29) is 24.3 Å². The third kappa shape index (κ3) is 4.23. The van der Waals surface area contributed by atoms with Crippen LogP contribution in [0.2, 0.25) is 0 Å². The fourth-order valence-electron chi connectivity index (χ4n) is 3.13. The number of nitrogens with one attached hydrogen (secondary N) is 1. The monoisotopic (exact) mass is 360 g/mol. The lowest BCUT2D eigenvalue weighted by atomic mass is 10.2. The Labute approximate surface area is 152 Å². The van der Waals surface area contributed by atoms with Crippen molar-refractivity contribution in [1.82, 2.24) is 4.90 Å². The Hall–Kier alpha value is -2.38. The minimum atomic E-state index is -0.504. The first-order valence-electron chi connectivity index (χ1n) is 8.79. The van der Waals surface area contributed by atoms with Crippen LogP contribution in [0.3, 0.4) is 0 Å². The van der Waals surface area contributed by atoms with E-state index in [1.807, 2.05) is 7.05 Å². The first-order valence-corrected chi connectivity index (χ1v) is 8.79. The predicted molar refractivity (Wildman–Crippen MR) is 97.3 cm³/mol. The standard InChI is InChI=1S/C19H24N2O5/c1-21-8-3-5-15(21)18(22)20-14-6-7-16-13(11-14)12-17(26-16)19(23)25-10-4-9-24-2/h6-7,11-12,15H,3-5,8-10H2,1-2H3,(H,20,22). The van der Waals surface area contributed by atoms with Crippen LogP contribution in [0.15, 0.2) is 28.7 Å². The van der Waals surface area contributed by atoms with Crippen molar-refractivity contribution in [3.05, 3.63) is 30.0 Å². The summed E-state index contributed by atoms with van der Waals surface area (Å²) in [6, 6.07) is 6.85. The average molecular weight is 360 g/mol. The molecular weight excluding hydrogens is 336 g/mol. The Morgan fingerprint density at radius 1 is 1.31 bits per heavy atom. The molecule has 0 bridgehead atoms. The summed E-state index contributed by atoms with van der Waals surface area (Å²) in [5.41, 5.74) is 1.26. The van der Waals surface area contributed by atoms with Gasteiger partial charge in [0.15, 0.2) is 0 Å². The molecule has 2 heterocycles. The summed E-state index contributed by atoms with van der Waals surface area (Å²) in [5.74, 6) is -0.363. The number of benzene rings is 1. The number of furan rings is 1. The fraction of sp³-hybridized carbons (Fsp3) is 0.474. The maximum absolute atomic E-state index is 12.4. The van der Waals surface area contributed by atoms with Crippen molar-refractivity contribution >= 4 is 28.5 Å². The molecule has 1 unspecified atom stereocenters. The number of likely N-dealkylation sites (tertiary alicyclic amines) is 1. The SMILES string of the molecule is COCCCOC(=O)c1cc2cc(NC(=O)C3CCCN3C)ccc2o1. The van der Waals surface area contributed by atoms with E-state index in [2.05, 4.69) is 10.2 Å². The summed E-state index contributed by atoms with van der Waals surface area (Å²) in [6.07, 6.45) is 2.54. The largest absolute Gasteiger partial charge is 0.460 e. The molecule has 2 aromatic rings. The molecule has 1 N–H and O–H groups in total. The van der Waals surface area contributed by atoms with Gasteiger partial charge in [0.05, 0.1) is 12.6 Å². The smallest absolute Gasteiger partial charge is 0.374 e. The summed E-state index contributed by atoms with van der Waals surface area (Å²) in [4.78, 5) is 26.5. The van der Waals surface area contributed by atoms with Gasteiger partial charge in [-0.15, -0.1) is 0 Å². The second-order valence-corrected chi connectivity index (χ2v) is 6.47. The van der Waals surface area contributed by atoms with Crippen LogP contribution in [0.1, 0.15) is 29.8 Å². The quantitative estimate of drug-likeness (QED) is 0.604. The van der Waals surface area contributed by atoms with Gasteiger partial charge in [0.1, 0.15) is 5.58 Å². The van der Waals surface area contributed by atoms with E-state index in [1.54, 1.807) is 31.4 Å². The second kappa shape index (κ2) is 8.33. The normalized spacial score (nSPS) is 17.5. The van der Waals surface area contributed by atoms with E-state index >= 15 is 0 Å². The number of carbonyl (C=O) groups excluding carboxylic acids is 2. The minimum absolute atomic E-state index is 0.00868. The number of likely N-dealkylation sites (N-methyl/N-ethyl adjacent to an activating group) is 1. The van der Waals surface area contributed by atoms with Crippen molar-refractivity contribution in [3.8, 4) is 0 Å². The molecule has 26 heavy (non-hydrogen) atoms. The predicted octanol–water partition coefficient (Wildman–Crippen LogP) is 2.66. The summed E-state index contributed by atoms with van der Waals surface area (Å²) in [7, 11) is 3.56. The Bertz CT molecular complexity index is 785. The highest BCUT2D eigenvalue weighted by Gasteiger charge is 2.27. The molecule has 1 fully saturated rings. The number of ether oxygens (including phenoxy) is 2. The van der Waals surface area contributed by atoms with E-state index < -0.39 is 5.97 Å². The number of amides is 1. The van der Waals surface area contributed by atoms with Gasteiger partial charge in [0.2, 0.25) is 11.7 Å². The Morgan fingerprint density at radius 3 is 2.88 bits per heavy atom. The van der Waals surface area contributed by atoms with Crippen molar-refractivity contribution in [2.75, 3.05) is 39.2 Å². The highest BCUT2D eigenvalue weighted by Crippen LogP contribution is 2.24. The van der Waals surface area contributed by atoms with Crippen LogP contribution in [-0.4, -0.2) is 56.7 Å². The molecule has 7 heteroatoms. The number of anilines is 1. The maximum Gasteiger partial charge on any atom is 0.374 e. The number of hydrogen-bond donors (Lipinski definition) is 1. The van der Waals surface area contributed by atoms with Crippen molar-refractivity contribution in [2.24, 2.45) is 0 Å². The molecule has 0 aliphatic carbocycles. The van der Waals surface area contributed by atoms with Gasteiger partial charge < -0.3 is 19.2 Å². The molecule has 1 saturated heterocycles. The van der Waals surface area contributed by atoms with Gasteiger partial charge in [-0.2, -0.15) is 0 Å². The van der Waals surface area contributed by atoms with Gasteiger partial charge >= 0.3 is 5.97 Å². The van der Waals surface area contributed by atoms with Crippen LogP contribution in [-0.2, 0) is 14.3 Å². The van der Waals surface area contributed by atoms with E-state index in [9.17, 15) is 9.59 Å². The zero-order valence-corrected chi connectivity index (χ0v) is 15.1. The van der Waals surface area contributed by atoms with E-state index in [0.717, 1.165) is 24.8 Å². The molecule has 1 aromatic heterocycles. The number of carbonyl (C=O) groups is 2. The van der Waals surface area contributed by atoms with Crippen LogP contribution in [0.5, 0.6) is 0 Å². The number of nitrogens with zero attached hydrogens (tertiary/aromatic N) is 1. The molecule has 1 amide bonds. The Balaban J connectivity index is 1.65. The number of methoxy groups -OCH3 is 1. The van der Waals surface area contributed by atoms with E-state index in [0.29, 0.717) is 24.3 Å². The summed E-state index contributed by atoms with van der Waals surface area (Å²) < 4.78 is 15.6. The molecule has 0 spiro atoms. The van der Waals surface area contributed by atoms with Crippen LogP contribution in [0.25, 0.3) is 11.0 Å². The Morgan fingerprint density at radius 2 is 2.15 bits per heavy atom. The van der Waals surface area contributed by atoms with E-state index in [1.165, 1.54) is 0 Å². The first kappa shape index (κ1) is 18.4. The van der Waals surface area contributed by atoms with Gasteiger partial charge in [0.25, 0.3) is 0 Å². The highest BCUT2D eigenvalue weighted by atomic mass is 16.5. The van der Waals surface area contributed by atoms with Crippen LogP contribution < -0.4 is 5.32 Å². The first-order chi connectivity index (χ1) is 12.6. The van der Waals surface area contributed by atoms with Crippen molar-refractivity contribution in [1.29, 1.82) is 0 Å². The molecule has 140 valence electrons. The van der Waals surface area contributed by atoms with Crippen molar-refractivity contribution in [2.45, 2.75) is 25.3 Å². The zero-order valence-electron chi connectivity index (χ0n) is 15.1. The van der Waals surface area contributed by atoms with Gasteiger partial charge in [-0.25, -0.2) is 4.79 Å². The summed E-state index contributed by atoms with van der Waals surface area (Å²) in [6.45, 7) is 1.75. The lowest BCUT2D eigenvalue weighted by molar-refractivity contribution is -0.119. The number of hydrogen-bond acceptors (Lipinski definition) is 6. The minimum Gasteiger partial charge on any atom is -0.460 e. The van der Waals surface area contributed by atoms with Gasteiger partial charge in [-0.3, -0.25) is 9.69 Å². The Kier molecular flexibility index (Phi) is 5.90. The number of esters is 1. The van der Waals surface area contributed by atoms with Gasteiger partial charge in [-0.05, 0) is 50.7 Å².